The van der Waals surface area contributed by atoms with Crippen molar-refractivity contribution in [3.63, 3.8) is 0 Å². The predicted octanol–water partition coefficient (Wildman–Crippen LogP) is 3.58. The summed E-state index contributed by atoms with van der Waals surface area (Å²) < 4.78 is 5.72. The Hall–Kier alpha value is -2.29. The van der Waals surface area contributed by atoms with Gasteiger partial charge in [0.2, 0.25) is 0 Å². The van der Waals surface area contributed by atoms with Crippen LogP contribution in [0.4, 0.5) is 0 Å². The molecule has 0 aliphatic carbocycles. The number of carbonyl (C=O) groups is 1. The van der Waals surface area contributed by atoms with Crippen LogP contribution in [-0.4, -0.2) is 11.1 Å². The highest BCUT2D eigenvalue weighted by atomic mass is 16.5. The lowest BCUT2D eigenvalue weighted by molar-refractivity contribution is 0.0691. The second-order valence-electron chi connectivity index (χ2n) is 4.46. The van der Waals surface area contributed by atoms with Crippen molar-refractivity contribution in [2.75, 3.05) is 0 Å². The van der Waals surface area contributed by atoms with Gasteiger partial charge in [0.15, 0.2) is 0 Å². The molecule has 0 heterocycles. The van der Waals surface area contributed by atoms with E-state index in [1.54, 1.807) is 12.1 Å². The van der Waals surface area contributed by atoms with Gasteiger partial charge in [-0.05, 0) is 36.6 Å². The molecule has 1 N–H and O–H groups in total. The maximum atomic E-state index is 11.2. The van der Waals surface area contributed by atoms with E-state index in [1.807, 2.05) is 44.2 Å². The van der Waals surface area contributed by atoms with Gasteiger partial charge in [-0.25, -0.2) is 4.79 Å². The second kappa shape index (κ2) is 5.57. The number of hydrogen-bond donors (Lipinski definition) is 1. The van der Waals surface area contributed by atoms with Crippen molar-refractivity contribution >= 4 is 5.97 Å². The van der Waals surface area contributed by atoms with Crippen LogP contribution >= 0.6 is 0 Å². The van der Waals surface area contributed by atoms with Gasteiger partial charge in [-0.3, -0.25) is 0 Å². The van der Waals surface area contributed by atoms with Crippen LogP contribution in [0.15, 0.2) is 42.5 Å². The third-order valence-corrected chi connectivity index (χ3v) is 3.13. The Balaban J connectivity index is 2.28. The molecule has 0 atom stereocenters. The Morgan fingerprint density at radius 1 is 1.11 bits per heavy atom. The first kappa shape index (κ1) is 13.1. The summed E-state index contributed by atoms with van der Waals surface area (Å²) in [5, 5.41) is 9.20. The molecule has 0 spiro atoms. The molecule has 3 heteroatoms. The summed E-state index contributed by atoms with van der Waals surface area (Å²) >= 11 is 0. The second-order valence-corrected chi connectivity index (χ2v) is 4.46. The van der Waals surface area contributed by atoms with Crippen molar-refractivity contribution < 1.29 is 14.6 Å². The maximum absolute atomic E-state index is 11.2. The first-order chi connectivity index (χ1) is 9.09. The summed E-state index contributed by atoms with van der Waals surface area (Å²) in [6.07, 6.45) is 0. The Bertz CT molecular complexity index is 588. The molecule has 2 rings (SSSR count). The Morgan fingerprint density at radius 2 is 1.79 bits per heavy atom. The molecule has 0 aliphatic heterocycles. The zero-order valence-corrected chi connectivity index (χ0v) is 11.0. The molecular weight excluding hydrogens is 240 g/mol. The number of benzene rings is 2. The molecule has 2 aromatic rings. The lowest BCUT2D eigenvalue weighted by atomic mass is 10.0. The van der Waals surface area contributed by atoms with Crippen molar-refractivity contribution in [3.8, 4) is 5.75 Å². The van der Waals surface area contributed by atoms with Crippen LogP contribution in [0.3, 0.4) is 0 Å². The zero-order valence-electron chi connectivity index (χ0n) is 11.0. The van der Waals surface area contributed by atoms with E-state index in [9.17, 15) is 9.90 Å². The molecule has 98 valence electrons. The Labute approximate surface area is 112 Å². The lowest BCUT2D eigenvalue weighted by Crippen LogP contribution is -2.06. The molecule has 0 radical (unpaired) electrons. The summed E-state index contributed by atoms with van der Waals surface area (Å²) in [4.78, 5) is 11.2. The van der Waals surface area contributed by atoms with Gasteiger partial charge in [-0.1, -0.05) is 36.4 Å². The van der Waals surface area contributed by atoms with E-state index in [2.05, 4.69) is 0 Å². The number of carboxylic acid groups (broad SMARTS) is 1. The van der Waals surface area contributed by atoms with Gasteiger partial charge in [0.1, 0.15) is 17.9 Å². The highest BCUT2D eigenvalue weighted by Gasteiger charge is 2.15. The molecule has 0 fully saturated rings. The summed E-state index contributed by atoms with van der Waals surface area (Å²) in [6, 6.07) is 13.1. The van der Waals surface area contributed by atoms with E-state index in [1.165, 1.54) is 0 Å². The molecule has 0 bridgehead atoms. The number of carboxylic acids is 1. The van der Waals surface area contributed by atoms with Crippen LogP contribution in [-0.2, 0) is 6.61 Å². The predicted molar refractivity (Wildman–Crippen MR) is 73.6 cm³/mol. The number of aromatic carboxylic acids is 1. The molecule has 0 unspecified atom stereocenters. The first-order valence-corrected chi connectivity index (χ1v) is 6.10. The average molecular weight is 256 g/mol. The van der Waals surface area contributed by atoms with E-state index in [0.717, 1.165) is 16.7 Å². The molecular formula is C16H16O3. The van der Waals surface area contributed by atoms with Gasteiger partial charge in [0.05, 0.1) is 0 Å². The largest absolute Gasteiger partial charge is 0.488 e. The number of ether oxygens (including phenoxy) is 1. The van der Waals surface area contributed by atoms with Crippen LogP contribution in [0.1, 0.15) is 27.0 Å². The van der Waals surface area contributed by atoms with Crippen molar-refractivity contribution in [1.82, 2.24) is 0 Å². The standard InChI is InChI=1S/C16H16O3/c1-11-8-9-14(16(17)18)15(12(11)2)19-10-13-6-4-3-5-7-13/h3-9H,10H2,1-2H3,(H,17,18). The summed E-state index contributed by atoms with van der Waals surface area (Å²) in [5.41, 5.74) is 3.11. The summed E-state index contributed by atoms with van der Waals surface area (Å²) in [6.45, 7) is 4.18. The van der Waals surface area contributed by atoms with Crippen LogP contribution < -0.4 is 4.74 Å². The van der Waals surface area contributed by atoms with Gasteiger partial charge < -0.3 is 9.84 Å². The first-order valence-electron chi connectivity index (χ1n) is 6.10. The van der Waals surface area contributed by atoms with Gasteiger partial charge in [-0.15, -0.1) is 0 Å². The third kappa shape index (κ3) is 2.94. The highest BCUT2D eigenvalue weighted by molar-refractivity contribution is 5.91. The zero-order chi connectivity index (χ0) is 13.8. The number of rotatable bonds is 4. The SMILES string of the molecule is Cc1ccc(C(=O)O)c(OCc2ccccc2)c1C. The van der Waals surface area contributed by atoms with Gasteiger partial charge in [-0.2, -0.15) is 0 Å². The number of aryl methyl sites for hydroxylation is 1. The molecule has 19 heavy (non-hydrogen) atoms. The molecule has 0 amide bonds. The quantitative estimate of drug-likeness (QED) is 0.909. The maximum Gasteiger partial charge on any atom is 0.339 e. The van der Waals surface area contributed by atoms with E-state index < -0.39 is 5.97 Å². The van der Waals surface area contributed by atoms with Crippen molar-refractivity contribution in [1.29, 1.82) is 0 Å². The fourth-order valence-electron chi connectivity index (χ4n) is 1.87. The molecule has 0 saturated heterocycles. The Kier molecular flexibility index (Phi) is 3.85. The van der Waals surface area contributed by atoms with E-state index in [0.29, 0.717) is 12.4 Å². The van der Waals surface area contributed by atoms with E-state index in [-0.39, 0.29) is 5.56 Å². The average Bonchev–Trinajstić information content (AvgIpc) is 2.41. The highest BCUT2D eigenvalue weighted by Crippen LogP contribution is 2.27. The van der Waals surface area contributed by atoms with Crippen molar-refractivity contribution in [2.45, 2.75) is 20.5 Å². The van der Waals surface area contributed by atoms with E-state index in [4.69, 9.17) is 4.74 Å². The topological polar surface area (TPSA) is 46.5 Å². The molecule has 2 aromatic carbocycles. The molecule has 0 aromatic heterocycles. The smallest absolute Gasteiger partial charge is 0.339 e. The van der Waals surface area contributed by atoms with Gasteiger partial charge >= 0.3 is 5.97 Å². The summed E-state index contributed by atoms with van der Waals surface area (Å²) in [5.74, 6) is -0.512. The van der Waals surface area contributed by atoms with Crippen molar-refractivity contribution in [2.24, 2.45) is 0 Å². The van der Waals surface area contributed by atoms with Crippen molar-refractivity contribution in [3.05, 3.63) is 64.7 Å². The van der Waals surface area contributed by atoms with Gasteiger partial charge in [0.25, 0.3) is 0 Å². The fraction of sp³-hybridized carbons (Fsp3) is 0.188. The van der Waals surface area contributed by atoms with Crippen LogP contribution in [0.5, 0.6) is 5.75 Å². The third-order valence-electron chi connectivity index (χ3n) is 3.13. The molecule has 3 nitrogen and oxygen atoms in total. The normalized spacial score (nSPS) is 10.2. The minimum atomic E-state index is -0.967. The fourth-order valence-corrected chi connectivity index (χ4v) is 1.87. The molecule has 0 saturated carbocycles. The number of hydrogen-bond acceptors (Lipinski definition) is 2. The van der Waals surface area contributed by atoms with Crippen LogP contribution in [0.2, 0.25) is 0 Å². The van der Waals surface area contributed by atoms with Crippen LogP contribution in [0, 0.1) is 13.8 Å². The van der Waals surface area contributed by atoms with Gasteiger partial charge in [0, 0.05) is 0 Å². The minimum absolute atomic E-state index is 0.207. The Morgan fingerprint density at radius 3 is 2.42 bits per heavy atom. The lowest BCUT2D eigenvalue weighted by Gasteiger charge is -2.14. The molecule has 0 aliphatic rings. The monoisotopic (exact) mass is 256 g/mol. The minimum Gasteiger partial charge on any atom is -0.488 e. The van der Waals surface area contributed by atoms with Crippen LogP contribution in [0.25, 0.3) is 0 Å². The van der Waals surface area contributed by atoms with E-state index >= 15 is 0 Å². The summed E-state index contributed by atoms with van der Waals surface area (Å²) in [7, 11) is 0.